The van der Waals surface area contributed by atoms with Crippen LogP contribution in [0, 0.1) is 0 Å². The van der Waals surface area contributed by atoms with Crippen molar-refractivity contribution in [3.8, 4) is 0 Å². The Hall–Kier alpha value is -1.06. The number of anilines is 1. The van der Waals surface area contributed by atoms with Gasteiger partial charge < -0.3 is 5.73 Å². The Balaban J connectivity index is 2.66. The molecule has 0 radical (unpaired) electrons. The maximum atomic E-state index is 5.42. The minimum atomic E-state index is 0.586. The van der Waals surface area contributed by atoms with Gasteiger partial charge in [-0.3, -0.25) is 9.90 Å². The van der Waals surface area contributed by atoms with Gasteiger partial charge in [0.25, 0.3) is 0 Å². The largest absolute Gasteiger partial charge is 0.329 e. The Labute approximate surface area is 72.7 Å². The third kappa shape index (κ3) is 2.22. The van der Waals surface area contributed by atoms with Crippen molar-refractivity contribution in [2.45, 2.75) is 0 Å². The average Bonchev–Trinajstić information content (AvgIpc) is 2.15. The highest BCUT2D eigenvalue weighted by atomic mass is 16.7. The van der Waals surface area contributed by atoms with E-state index in [1.54, 1.807) is 12.2 Å². The molecule has 0 bridgehead atoms. The van der Waals surface area contributed by atoms with Gasteiger partial charge in [-0.05, 0) is 12.1 Å². The van der Waals surface area contributed by atoms with Crippen LogP contribution in [0.25, 0.3) is 0 Å². The molecule has 0 unspecified atom stereocenters. The molecule has 12 heavy (non-hydrogen) atoms. The van der Waals surface area contributed by atoms with Gasteiger partial charge in [0.1, 0.15) is 0 Å². The molecule has 0 atom stereocenters. The lowest BCUT2D eigenvalue weighted by Gasteiger charge is -2.20. The van der Waals surface area contributed by atoms with Crippen LogP contribution < -0.4 is 10.8 Å². The van der Waals surface area contributed by atoms with Gasteiger partial charge in [-0.15, -0.1) is 0 Å². The maximum absolute atomic E-state index is 5.42. The minimum absolute atomic E-state index is 0.586. The number of nitrogens with zero attached hydrogens (tertiary/aromatic N) is 1. The Morgan fingerprint density at radius 3 is 2.50 bits per heavy atom. The molecular formula is C9H14N2O. The van der Waals surface area contributed by atoms with Crippen LogP contribution in [-0.4, -0.2) is 20.2 Å². The summed E-state index contributed by atoms with van der Waals surface area (Å²) in [5, 5.41) is 1.76. The van der Waals surface area contributed by atoms with Crippen molar-refractivity contribution in [2.75, 3.05) is 25.3 Å². The fourth-order valence-electron chi connectivity index (χ4n) is 1.04. The highest BCUT2D eigenvalue weighted by Crippen LogP contribution is 2.11. The summed E-state index contributed by atoms with van der Waals surface area (Å²) in [7, 11) is 1.64. The van der Waals surface area contributed by atoms with Gasteiger partial charge in [0.2, 0.25) is 0 Å². The molecule has 0 saturated carbocycles. The summed E-state index contributed by atoms with van der Waals surface area (Å²) in [6, 6.07) is 9.88. The molecular weight excluding hydrogens is 152 g/mol. The maximum Gasteiger partial charge on any atom is 0.0639 e. The Morgan fingerprint density at radius 1 is 1.33 bits per heavy atom. The zero-order valence-electron chi connectivity index (χ0n) is 7.23. The van der Waals surface area contributed by atoms with Crippen LogP contribution in [-0.2, 0) is 4.84 Å². The van der Waals surface area contributed by atoms with Crippen LogP contribution in [0.2, 0.25) is 0 Å². The number of rotatable bonds is 4. The van der Waals surface area contributed by atoms with Crippen molar-refractivity contribution in [1.29, 1.82) is 0 Å². The van der Waals surface area contributed by atoms with Crippen LogP contribution in [0.15, 0.2) is 30.3 Å². The van der Waals surface area contributed by atoms with Gasteiger partial charge in [0.05, 0.1) is 19.3 Å². The van der Waals surface area contributed by atoms with Gasteiger partial charge >= 0.3 is 0 Å². The lowest BCUT2D eigenvalue weighted by atomic mass is 10.3. The standard InChI is InChI=1S/C9H14N2O/c1-12-11(8-7-10)9-5-3-2-4-6-9/h2-6H,7-8,10H2,1H3. The first-order valence-corrected chi connectivity index (χ1v) is 3.95. The second kappa shape index (κ2) is 4.74. The molecule has 3 heteroatoms. The first-order chi connectivity index (χ1) is 5.88. The second-order valence-electron chi connectivity index (χ2n) is 2.41. The van der Waals surface area contributed by atoms with Crippen LogP contribution in [0.3, 0.4) is 0 Å². The van der Waals surface area contributed by atoms with Gasteiger partial charge in [0, 0.05) is 6.54 Å². The monoisotopic (exact) mass is 166 g/mol. The van der Waals surface area contributed by atoms with Gasteiger partial charge in [-0.25, -0.2) is 0 Å². The molecule has 66 valence electrons. The smallest absolute Gasteiger partial charge is 0.0639 e. The summed E-state index contributed by atoms with van der Waals surface area (Å²) >= 11 is 0. The number of hydroxylamine groups is 1. The quantitative estimate of drug-likeness (QED) is 0.678. The van der Waals surface area contributed by atoms with E-state index >= 15 is 0 Å². The molecule has 0 aliphatic carbocycles. The van der Waals surface area contributed by atoms with E-state index in [0.717, 1.165) is 5.69 Å². The highest BCUT2D eigenvalue weighted by molar-refractivity contribution is 5.43. The van der Waals surface area contributed by atoms with Crippen LogP contribution in [0.4, 0.5) is 5.69 Å². The lowest BCUT2D eigenvalue weighted by Crippen LogP contribution is -2.28. The third-order valence-electron chi connectivity index (χ3n) is 1.60. The summed E-state index contributed by atoms with van der Waals surface area (Å²) in [6.45, 7) is 1.29. The molecule has 0 spiro atoms. The molecule has 0 amide bonds. The van der Waals surface area contributed by atoms with E-state index in [0.29, 0.717) is 13.1 Å². The van der Waals surface area contributed by atoms with Gasteiger partial charge in [-0.2, -0.15) is 0 Å². The molecule has 0 aliphatic rings. The normalized spacial score (nSPS) is 9.83. The van der Waals surface area contributed by atoms with E-state index < -0.39 is 0 Å². The van der Waals surface area contributed by atoms with Gasteiger partial charge in [0.15, 0.2) is 0 Å². The van der Waals surface area contributed by atoms with Crippen molar-refractivity contribution in [2.24, 2.45) is 5.73 Å². The number of nitrogens with two attached hydrogens (primary N) is 1. The molecule has 0 aliphatic heterocycles. The van der Waals surface area contributed by atoms with Crippen molar-refractivity contribution in [3.05, 3.63) is 30.3 Å². The Bertz CT molecular complexity index is 213. The van der Waals surface area contributed by atoms with Crippen LogP contribution >= 0.6 is 0 Å². The van der Waals surface area contributed by atoms with Gasteiger partial charge in [-0.1, -0.05) is 18.2 Å². The summed E-state index contributed by atoms with van der Waals surface area (Å²) in [5.41, 5.74) is 6.45. The topological polar surface area (TPSA) is 38.5 Å². The van der Waals surface area contributed by atoms with Crippen molar-refractivity contribution < 1.29 is 4.84 Å². The first kappa shape index (κ1) is 9.03. The molecule has 0 aromatic heterocycles. The predicted molar refractivity (Wildman–Crippen MR) is 49.9 cm³/mol. The van der Waals surface area contributed by atoms with Crippen molar-refractivity contribution in [1.82, 2.24) is 0 Å². The summed E-state index contributed by atoms with van der Waals surface area (Å²) in [5.74, 6) is 0. The van der Waals surface area contributed by atoms with E-state index in [9.17, 15) is 0 Å². The summed E-state index contributed by atoms with van der Waals surface area (Å²) in [4.78, 5) is 5.13. The number of para-hydroxylation sites is 1. The Morgan fingerprint density at radius 2 is 2.00 bits per heavy atom. The molecule has 3 nitrogen and oxygen atoms in total. The fourth-order valence-corrected chi connectivity index (χ4v) is 1.04. The fraction of sp³-hybridized carbons (Fsp3) is 0.333. The number of benzene rings is 1. The van der Waals surface area contributed by atoms with Crippen LogP contribution in [0.1, 0.15) is 0 Å². The zero-order chi connectivity index (χ0) is 8.81. The number of hydrogen-bond acceptors (Lipinski definition) is 3. The van der Waals surface area contributed by atoms with Crippen molar-refractivity contribution in [3.63, 3.8) is 0 Å². The van der Waals surface area contributed by atoms with E-state index in [2.05, 4.69) is 0 Å². The lowest BCUT2D eigenvalue weighted by molar-refractivity contribution is 0.169. The minimum Gasteiger partial charge on any atom is -0.329 e. The Kier molecular flexibility index (Phi) is 3.57. The molecule has 1 rings (SSSR count). The first-order valence-electron chi connectivity index (χ1n) is 3.95. The highest BCUT2D eigenvalue weighted by Gasteiger charge is 2.01. The second-order valence-corrected chi connectivity index (χ2v) is 2.41. The molecule has 2 N–H and O–H groups in total. The van der Waals surface area contributed by atoms with E-state index in [4.69, 9.17) is 10.6 Å². The molecule has 0 heterocycles. The van der Waals surface area contributed by atoms with E-state index in [-0.39, 0.29) is 0 Å². The molecule has 1 aromatic carbocycles. The molecule has 0 fully saturated rings. The molecule has 1 aromatic rings. The summed E-state index contributed by atoms with van der Waals surface area (Å²) in [6.07, 6.45) is 0. The SMILES string of the molecule is CON(CCN)c1ccccc1. The average molecular weight is 166 g/mol. The van der Waals surface area contributed by atoms with Crippen molar-refractivity contribution >= 4 is 5.69 Å². The zero-order valence-corrected chi connectivity index (χ0v) is 7.23. The van der Waals surface area contributed by atoms with E-state index in [1.807, 2.05) is 30.3 Å². The third-order valence-corrected chi connectivity index (χ3v) is 1.60. The number of hydrogen-bond donors (Lipinski definition) is 1. The predicted octanol–water partition coefficient (Wildman–Crippen LogP) is 1.01. The van der Waals surface area contributed by atoms with Crippen LogP contribution in [0.5, 0.6) is 0 Å². The van der Waals surface area contributed by atoms with E-state index in [1.165, 1.54) is 0 Å². The summed E-state index contributed by atoms with van der Waals surface area (Å²) < 4.78 is 0. The molecule has 0 saturated heterocycles.